The van der Waals surface area contributed by atoms with Crippen molar-refractivity contribution in [3.63, 3.8) is 0 Å². The zero-order valence-corrected chi connectivity index (χ0v) is 11.4. The molecule has 2 fully saturated rings. The van der Waals surface area contributed by atoms with Crippen LogP contribution < -0.4 is 0 Å². The van der Waals surface area contributed by atoms with Gasteiger partial charge in [-0.15, -0.1) is 6.58 Å². The molecule has 0 bridgehead atoms. The van der Waals surface area contributed by atoms with Crippen LogP contribution in [0.3, 0.4) is 0 Å². The third-order valence-corrected chi connectivity index (χ3v) is 5.10. The van der Waals surface area contributed by atoms with Crippen molar-refractivity contribution in [2.45, 2.75) is 73.1 Å². The van der Waals surface area contributed by atoms with Crippen LogP contribution in [0.5, 0.6) is 0 Å². The molecule has 0 unspecified atom stereocenters. The Morgan fingerprint density at radius 2 is 1.16 bits per heavy atom. The molecule has 0 nitrogen and oxygen atoms in total. The van der Waals surface area contributed by atoms with E-state index in [0.29, 0.717) is 0 Å². The topological polar surface area (TPSA) is 0 Å². The van der Waals surface area contributed by atoms with E-state index in [0.717, 1.165) is 23.7 Å². The molecule has 0 heterocycles. The van der Waals surface area contributed by atoms with Gasteiger partial charge < -0.3 is 0 Å². The van der Waals surface area contributed by atoms with Crippen molar-refractivity contribution in [2.75, 3.05) is 0 Å². The molecule has 0 saturated heterocycles. The van der Waals surface area contributed by atoms with Crippen LogP contribution in [0, 0.1) is 23.7 Å². The van der Waals surface area contributed by atoms with E-state index in [1.165, 1.54) is 51.4 Å². The van der Waals surface area contributed by atoms with E-state index in [1.54, 1.807) is 0 Å². The zero-order chi connectivity index (χ0) is 12.1. The van der Waals surface area contributed by atoms with E-state index in [2.05, 4.69) is 31.7 Å². The van der Waals surface area contributed by atoms with Gasteiger partial charge >= 0.3 is 0 Å². The molecule has 2 rings (SSSR count). The van der Waals surface area contributed by atoms with Crippen molar-refractivity contribution in [2.24, 2.45) is 23.7 Å². The fraction of sp³-hybridized carbons (Fsp3) is 0.789. The molecule has 0 N–H and O–H groups in total. The Kier molecular flexibility index (Phi) is 9.14. The van der Waals surface area contributed by atoms with Gasteiger partial charge in [-0.1, -0.05) is 33.1 Å². The standard InChI is InChI=1S/C17H28.2CH4/c1-3-5-15-8-12-17(13-9-15)16-10-6-14(4-2)7-11-16;;/h3-5,14-17H,2,6-13H2,1H3;2*1H4. The maximum Gasteiger partial charge on any atom is -0.0233 e. The number of hydrogen-bond acceptors (Lipinski definition) is 0. The van der Waals surface area contributed by atoms with Gasteiger partial charge in [0, 0.05) is 0 Å². The molecule has 0 radical (unpaired) electrons. The highest BCUT2D eigenvalue weighted by atomic mass is 14.3. The van der Waals surface area contributed by atoms with E-state index in [-0.39, 0.29) is 14.9 Å². The minimum atomic E-state index is 0. The SMILES string of the molecule is C.C.C=CC1CCC(C2CCC(C=CC)CC2)CC1. The summed E-state index contributed by atoms with van der Waals surface area (Å²) in [6, 6.07) is 0. The average molecular weight is 264 g/mol. The first-order valence-corrected chi connectivity index (χ1v) is 7.58. The van der Waals surface area contributed by atoms with Gasteiger partial charge in [0.15, 0.2) is 0 Å². The third-order valence-electron chi connectivity index (χ3n) is 5.10. The molecular weight excluding hydrogens is 228 g/mol. The normalized spacial score (nSPS) is 35.2. The highest BCUT2D eigenvalue weighted by Gasteiger charge is 2.29. The summed E-state index contributed by atoms with van der Waals surface area (Å²) < 4.78 is 0. The van der Waals surface area contributed by atoms with Crippen LogP contribution in [0.15, 0.2) is 24.8 Å². The van der Waals surface area contributed by atoms with E-state index in [9.17, 15) is 0 Å². The fourth-order valence-corrected chi connectivity index (χ4v) is 3.93. The van der Waals surface area contributed by atoms with Crippen molar-refractivity contribution in [3.05, 3.63) is 24.8 Å². The molecule has 0 amide bonds. The van der Waals surface area contributed by atoms with E-state index >= 15 is 0 Å². The van der Waals surface area contributed by atoms with Gasteiger partial charge in [-0.05, 0) is 82.0 Å². The van der Waals surface area contributed by atoms with Crippen molar-refractivity contribution in [1.82, 2.24) is 0 Å². The first-order chi connectivity index (χ1) is 8.33. The van der Waals surface area contributed by atoms with Crippen molar-refractivity contribution >= 4 is 0 Å². The second-order valence-corrected chi connectivity index (χ2v) is 6.11. The van der Waals surface area contributed by atoms with Crippen LogP contribution in [0.1, 0.15) is 73.1 Å². The molecule has 2 aliphatic rings. The molecule has 0 aromatic rings. The largest absolute Gasteiger partial charge is 0.103 e. The highest BCUT2D eigenvalue weighted by Crippen LogP contribution is 2.41. The summed E-state index contributed by atoms with van der Waals surface area (Å²) in [5.74, 6) is 3.80. The zero-order valence-electron chi connectivity index (χ0n) is 11.4. The lowest BCUT2D eigenvalue weighted by Crippen LogP contribution is -2.25. The maximum absolute atomic E-state index is 3.94. The van der Waals surface area contributed by atoms with Crippen LogP contribution in [0.4, 0.5) is 0 Å². The lowest BCUT2D eigenvalue weighted by molar-refractivity contribution is 0.166. The van der Waals surface area contributed by atoms with Gasteiger partial charge in [0.1, 0.15) is 0 Å². The summed E-state index contributed by atoms with van der Waals surface area (Å²) in [4.78, 5) is 0. The predicted molar refractivity (Wildman–Crippen MR) is 89.4 cm³/mol. The van der Waals surface area contributed by atoms with E-state index in [4.69, 9.17) is 0 Å². The van der Waals surface area contributed by atoms with Crippen LogP contribution >= 0.6 is 0 Å². The molecular formula is C19H36. The van der Waals surface area contributed by atoms with Gasteiger partial charge in [0.05, 0.1) is 0 Å². The number of rotatable bonds is 3. The fourth-order valence-electron chi connectivity index (χ4n) is 3.93. The Morgan fingerprint density at radius 1 is 0.737 bits per heavy atom. The molecule has 2 saturated carbocycles. The molecule has 112 valence electrons. The molecule has 0 aliphatic heterocycles. The van der Waals surface area contributed by atoms with Gasteiger partial charge in [-0.3, -0.25) is 0 Å². The minimum absolute atomic E-state index is 0. The van der Waals surface area contributed by atoms with Crippen LogP contribution in [0.25, 0.3) is 0 Å². The molecule has 19 heavy (non-hydrogen) atoms. The average Bonchev–Trinajstić information content (AvgIpc) is 2.40. The summed E-state index contributed by atoms with van der Waals surface area (Å²) in [6.45, 7) is 6.10. The van der Waals surface area contributed by atoms with Crippen molar-refractivity contribution in [3.8, 4) is 0 Å². The van der Waals surface area contributed by atoms with E-state index < -0.39 is 0 Å². The Morgan fingerprint density at radius 3 is 1.53 bits per heavy atom. The Bertz CT molecular complexity index is 247. The predicted octanol–water partition coefficient (Wildman–Crippen LogP) is 6.63. The van der Waals surface area contributed by atoms with Gasteiger partial charge in [-0.2, -0.15) is 0 Å². The summed E-state index contributed by atoms with van der Waals surface area (Å²) in [5, 5.41) is 0. The highest BCUT2D eigenvalue weighted by molar-refractivity contribution is 4.91. The van der Waals surface area contributed by atoms with Gasteiger partial charge in [-0.25, -0.2) is 0 Å². The number of hydrogen-bond donors (Lipinski definition) is 0. The quantitative estimate of drug-likeness (QED) is 0.502. The molecule has 0 spiro atoms. The summed E-state index contributed by atoms with van der Waals surface area (Å²) in [7, 11) is 0. The first kappa shape index (κ1) is 18.5. The maximum atomic E-state index is 3.94. The number of allylic oxidation sites excluding steroid dienone is 3. The molecule has 0 aromatic carbocycles. The van der Waals surface area contributed by atoms with Gasteiger partial charge in [0.2, 0.25) is 0 Å². The Balaban J connectivity index is 0.00000162. The van der Waals surface area contributed by atoms with Gasteiger partial charge in [0.25, 0.3) is 0 Å². The summed E-state index contributed by atoms with van der Waals surface area (Å²) in [6.07, 6.45) is 18.4. The molecule has 0 heteroatoms. The second-order valence-electron chi connectivity index (χ2n) is 6.11. The molecule has 2 aliphatic carbocycles. The van der Waals surface area contributed by atoms with Crippen molar-refractivity contribution in [1.29, 1.82) is 0 Å². The van der Waals surface area contributed by atoms with Crippen molar-refractivity contribution < 1.29 is 0 Å². The van der Waals surface area contributed by atoms with E-state index in [1.807, 2.05) is 0 Å². The Hall–Kier alpha value is -0.520. The second kappa shape index (κ2) is 9.39. The third kappa shape index (κ3) is 5.16. The summed E-state index contributed by atoms with van der Waals surface area (Å²) >= 11 is 0. The first-order valence-electron chi connectivity index (χ1n) is 7.58. The lowest BCUT2D eigenvalue weighted by atomic mass is 9.69. The smallest absolute Gasteiger partial charge is 0.0233 e. The van der Waals surface area contributed by atoms with Crippen LogP contribution in [0.2, 0.25) is 0 Å². The molecule has 0 aromatic heterocycles. The van der Waals surface area contributed by atoms with Crippen LogP contribution in [-0.4, -0.2) is 0 Å². The van der Waals surface area contributed by atoms with Crippen LogP contribution in [-0.2, 0) is 0 Å². The monoisotopic (exact) mass is 264 g/mol. The minimum Gasteiger partial charge on any atom is -0.103 e. The molecule has 0 atom stereocenters. The Labute approximate surface area is 122 Å². The summed E-state index contributed by atoms with van der Waals surface area (Å²) in [5.41, 5.74) is 0. The lowest BCUT2D eigenvalue weighted by Gasteiger charge is -2.36.